The molecule has 0 saturated heterocycles. The minimum atomic E-state index is -0.641. The van der Waals surface area contributed by atoms with Crippen LogP contribution in [0.15, 0.2) is 22.7 Å². The summed E-state index contributed by atoms with van der Waals surface area (Å²) in [4.78, 5) is 24.6. The number of nitrogens with one attached hydrogen (secondary N) is 2. The second kappa shape index (κ2) is 7.23. The Morgan fingerprint density at radius 2 is 2.05 bits per heavy atom. The molecule has 0 aliphatic heterocycles. The molecule has 0 saturated carbocycles. The van der Waals surface area contributed by atoms with Crippen molar-refractivity contribution in [2.75, 3.05) is 14.1 Å². The van der Waals surface area contributed by atoms with Crippen LogP contribution in [0.2, 0.25) is 0 Å². The quantitative estimate of drug-likeness (QED) is 0.874. The summed E-state index contributed by atoms with van der Waals surface area (Å²) >= 11 is 3.23. The Morgan fingerprint density at radius 3 is 2.65 bits per heavy atom. The first kappa shape index (κ1) is 16.4. The van der Waals surface area contributed by atoms with Gasteiger partial charge in [0, 0.05) is 30.7 Å². The summed E-state index contributed by atoms with van der Waals surface area (Å²) in [5.41, 5.74) is 0.362. The molecule has 20 heavy (non-hydrogen) atoms. The van der Waals surface area contributed by atoms with Crippen molar-refractivity contribution in [3.8, 4) is 0 Å². The Kier molecular flexibility index (Phi) is 5.94. The highest BCUT2D eigenvalue weighted by atomic mass is 79.9. The molecule has 3 amide bonds. The van der Waals surface area contributed by atoms with E-state index in [1.54, 1.807) is 33.2 Å². The Balaban J connectivity index is 2.51. The number of urea groups is 1. The van der Waals surface area contributed by atoms with Crippen LogP contribution in [0.1, 0.15) is 12.5 Å². The highest BCUT2D eigenvalue weighted by Gasteiger charge is 2.17. The van der Waals surface area contributed by atoms with E-state index in [0.717, 1.165) is 4.47 Å². The van der Waals surface area contributed by atoms with Gasteiger partial charge in [-0.2, -0.15) is 0 Å². The van der Waals surface area contributed by atoms with Gasteiger partial charge < -0.3 is 15.5 Å². The summed E-state index contributed by atoms with van der Waals surface area (Å²) in [5, 5.41) is 5.00. The molecule has 0 unspecified atom stereocenters. The molecule has 7 heteroatoms. The van der Waals surface area contributed by atoms with E-state index in [-0.39, 0.29) is 12.5 Å². The lowest BCUT2D eigenvalue weighted by Crippen LogP contribution is -2.47. The van der Waals surface area contributed by atoms with E-state index in [9.17, 15) is 14.0 Å². The van der Waals surface area contributed by atoms with Crippen LogP contribution in [0.4, 0.5) is 9.18 Å². The second-order valence-corrected chi connectivity index (χ2v) is 5.43. The van der Waals surface area contributed by atoms with Crippen molar-refractivity contribution in [1.29, 1.82) is 0 Å². The predicted molar refractivity (Wildman–Crippen MR) is 77.6 cm³/mol. The fourth-order valence-corrected chi connectivity index (χ4v) is 1.96. The molecule has 0 bridgehead atoms. The second-order valence-electron chi connectivity index (χ2n) is 4.52. The number of hydrogen-bond acceptors (Lipinski definition) is 2. The molecule has 1 atom stereocenters. The van der Waals surface area contributed by atoms with Crippen LogP contribution in [-0.4, -0.2) is 37.0 Å². The summed E-state index contributed by atoms with van der Waals surface area (Å²) in [6, 6.07) is 3.32. The van der Waals surface area contributed by atoms with E-state index in [0.29, 0.717) is 5.56 Å². The number of benzene rings is 1. The van der Waals surface area contributed by atoms with Crippen LogP contribution >= 0.6 is 15.9 Å². The largest absolute Gasteiger partial charge is 0.347 e. The zero-order chi connectivity index (χ0) is 15.3. The molecule has 2 N–H and O–H groups in total. The van der Waals surface area contributed by atoms with Gasteiger partial charge in [0.1, 0.15) is 11.9 Å². The van der Waals surface area contributed by atoms with Gasteiger partial charge in [0.2, 0.25) is 5.91 Å². The molecule has 5 nitrogen and oxygen atoms in total. The summed E-state index contributed by atoms with van der Waals surface area (Å²) in [7, 11) is 3.21. The van der Waals surface area contributed by atoms with Gasteiger partial charge in [0.05, 0.1) is 0 Å². The molecular formula is C13H17BrFN3O2. The topological polar surface area (TPSA) is 61.4 Å². The number of hydrogen-bond donors (Lipinski definition) is 2. The van der Waals surface area contributed by atoms with Crippen molar-refractivity contribution in [2.45, 2.75) is 19.5 Å². The van der Waals surface area contributed by atoms with Crippen molar-refractivity contribution < 1.29 is 14.0 Å². The number of halogens is 2. The molecule has 0 heterocycles. The zero-order valence-electron chi connectivity index (χ0n) is 11.5. The van der Waals surface area contributed by atoms with Crippen molar-refractivity contribution in [1.82, 2.24) is 15.5 Å². The van der Waals surface area contributed by atoms with Crippen LogP contribution < -0.4 is 10.6 Å². The number of amides is 3. The zero-order valence-corrected chi connectivity index (χ0v) is 13.1. The molecule has 0 aromatic heterocycles. The van der Waals surface area contributed by atoms with Gasteiger partial charge in [-0.1, -0.05) is 15.9 Å². The molecule has 0 aliphatic rings. The van der Waals surface area contributed by atoms with E-state index in [2.05, 4.69) is 26.6 Å². The SMILES string of the molecule is C[C@H](NC(=O)NCc1cc(Br)ccc1F)C(=O)N(C)C. The Hall–Kier alpha value is -1.63. The van der Waals surface area contributed by atoms with Gasteiger partial charge in [-0.05, 0) is 25.1 Å². The van der Waals surface area contributed by atoms with Crippen LogP contribution in [0.3, 0.4) is 0 Å². The van der Waals surface area contributed by atoms with Crippen molar-refractivity contribution in [3.05, 3.63) is 34.1 Å². The van der Waals surface area contributed by atoms with Gasteiger partial charge >= 0.3 is 6.03 Å². The van der Waals surface area contributed by atoms with Gasteiger partial charge in [-0.25, -0.2) is 9.18 Å². The van der Waals surface area contributed by atoms with E-state index < -0.39 is 17.9 Å². The Labute approximate surface area is 125 Å². The molecular weight excluding hydrogens is 329 g/mol. The normalized spacial score (nSPS) is 11.7. The lowest BCUT2D eigenvalue weighted by molar-refractivity contribution is -0.130. The molecule has 1 aromatic carbocycles. The number of rotatable bonds is 4. The third-order valence-corrected chi connectivity index (χ3v) is 3.10. The molecule has 1 rings (SSSR count). The molecule has 110 valence electrons. The van der Waals surface area contributed by atoms with Gasteiger partial charge in [-0.3, -0.25) is 4.79 Å². The third-order valence-electron chi connectivity index (χ3n) is 2.61. The highest BCUT2D eigenvalue weighted by Crippen LogP contribution is 2.15. The minimum Gasteiger partial charge on any atom is -0.347 e. The first-order valence-electron chi connectivity index (χ1n) is 6.00. The van der Waals surface area contributed by atoms with Gasteiger partial charge in [0.25, 0.3) is 0 Å². The number of carbonyl (C=O) groups excluding carboxylic acids is 2. The van der Waals surface area contributed by atoms with E-state index in [1.807, 2.05) is 0 Å². The van der Waals surface area contributed by atoms with Crippen LogP contribution in [-0.2, 0) is 11.3 Å². The summed E-state index contributed by atoms with van der Waals surface area (Å²) in [6.07, 6.45) is 0. The van der Waals surface area contributed by atoms with Crippen LogP contribution in [0.5, 0.6) is 0 Å². The maximum absolute atomic E-state index is 13.5. The minimum absolute atomic E-state index is 0.0416. The maximum Gasteiger partial charge on any atom is 0.315 e. The van der Waals surface area contributed by atoms with Gasteiger partial charge in [0.15, 0.2) is 0 Å². The Bertz CT molecular complexity index is 508. The summed E-state index contributed by atoms with van der Waals surface area (Å²) in [6.45, 7) is 1.63. The number of nitrogens with zero attached hydrogens (tertiary/aromatic N) is 1. The summed E-state index contributed by atoms with van der Waals surface area (Å²) in [5.74, 6) is -0.611. The lowest BCUT2D eigenvalue weighted by atomic mass is 10.2. The smallest absolute Gasteiger partial charge is 0.315 e. The fraction of sp³-hybridized carbons (Fsp3) is 0.385. The maximum atomic E-state index is 13.5. The molecule has 1 aromatic rings. The van der Waals surface area contributed by atoms with Crippen molar-refractivity contribution in [3.63, 3.8) is 0 Å². The van der Waals surface area contributed by atoms with Gasteiger partial charge in [-0.15, -0.1) is 0 Å². The summed E-state index contributed by atoms with van der Waals surface area (Å²) < 4.78 is 14.2. The van der Waals surface area contributed by atoms with Crippen molar-refractivity contribution >= 4 is 27.9 Å². The van der Waals surface area contributed by atoms with E-state index in [4.69, 9.17) is 0 Å². The number of carbonyl (C=O) groups is 2. The number of likely N-dealkylation sites (N-methyl/N-ethyl adjacent to an activating group) is 1. The predicted octanol–water partition coefficient (Wildman–Crippen LogP) is 1.86. The molecule has 0 spiro atoms. The molecule has 0 fully saturated rings. The average Bonchev–Trinajstić information content (AvgIpc) is 2.38. The average molecular weight is 346 g/mol. The highest BCUT2D eigenvalue weighted by molar-refractivity contribution is 9.10. The van der Waals surface area contributed by atoms with Crippen molar-refractivity contribution in [2.24, 2.45) is 0 Å². The first-order chi connectivity index (χ1) is 9.31. The standard InChI is InChI=1S/C13H17BrFN3O2/c1-8(12(19)18(2)3)17-13(20)16-7-9-6-10(14)4-5-11(9)15/h4-6,8H,7H2,1-3H3,(H2,16,17,20)/t8-/m0/s1. The third kappa shape index (κ3) is 4.80. The monoisotopic (exact) mass is 345 g/mol. The van der Waals surface area contributed by atoms with Crippen LogP contribution in [0, 0.1) is 5.82 Å². The van der Waals surface area contributed by atoms with E-state index >= 15 is 0 Å². The first-order valence-corrected chi connectivity index (χ1v) is 6.80. The van der Waals surface area contributed by atoms with E-state index in [1.165, 1.54) is 11.0 Å². The fourth-order valence-electron chi connectivity index (χ4n) is 1.55. The Morgan fingerprint density at radius 1 is 1.40 bits per heavy atom. The lowest BCUT2D eigenvalue weighted by Gasteiger charge is -2.18. The molecule has 0 aliphatic carbocycles. The molecule has 0 radical (unpaired) electrons. The van der Waals surface area contributed by atoms with Crippen LogP contribution in [0.25, 0.3) is 0 Å².